The second kappa shape index (κ2) is 4.60. The molecule has 0 radical (unpaired) electrons. The number of hydrogen-bond acceptors (Lipinski definition) is 4. The molecule has 0 spiro atoms. The van der Waals surface area contributed by atoms with Crippen LogP contribution in [-0.4, -0.2) is 36.0 Å². The van der Waals surface area contributed by atoms with Gasteiger partial charge in [0.15, 0.2) is 0 Å². The fourth-order valence-electron chi connectivity index (χ4n) is 2.17. The van der Waals surface area contributed by atoms with E-state index in [0.29, 0.717) is 6.54 Å². The van der Waals surface area contributed by atoms with Crippen molar-refractivity contribution in [2.24, 2.45) is 5.41 Å². The number of carbonyl (C=O) groups is 1. The first-order chi connectivity index (χ1) is 8.07. The molecule has 1 saturated heterocycles. The average molecular weight is 299 g/mol. The highest BCUT2D eigenvalue weighted by molar-refractivity contribution is 9.10. The van der Waals surface area contributed by atoms with Crippen molar-refractivity contribution in [3.63, 3.8) is 0 Å². The predicted octanol–water partition coefficient (Wildman–Crippen LogP) is 1.20. The molecule has 17 heavy (non-hydrogen) atoms. The summed E-state index contributed by atoms with van der Waals surface area (Å²) in [5, 5.41) is 2.72. The van der Waals surface area contributed by atoms with Gasteiger partial charge >= 0.3 is 0 Å². The summed E-state index contributed by atoms with van der Waals surface area (Å²) in [6, 6.07) is 0. The van der Waals surface area contributed by atoms with Crippen LogP contribution in [0.3, 0.4) is 0 Å². The van der Waals surface area contributed by atoms with E-state index in [2.05, 4.69) is 36.1 Å². The molecular formula is C11H15BrN4O. The Morgan fingerprint density at radius 3 is 3.06 bits per heavy atom. The summed E-state index contributed by atoms with van der Waals surface area (Å²) in [5.74, 6) is 0.942. The van der Waals surface area contributed by atoms with Crippen LogP contribution in [0, 0.1) is 5.41 Å². The lowest BCUT2D eigenvalue weighted by Crippen LogP contribution is -2.39. The Balaban J connectivity index is 2.18. The molecule has 5 nitrogen and oxygen atoms in total. The molecular weight excluding hydrogens is 284 g/mol. The van der Waals surface area contributed by atoms with Crippen molar-refractivity contribution in [2.45, 2.75) is 13.3 Å². The van der Waals surface area contributed by atoms with Crippen molar-refractivity contribution in [3.05, 3.63) is 17.0 Å². The minimum absolute atomic E-state index is 0.0881. The maximum atomic E-state index is 11.8. The minimum Gasteiger partial charge on any atom is -0.359 e. The zero-order chi connectivity index (χ0) is 12.5. The van der Waals surface area contributed by atoms with E-state index in [1.807, 2.05) is 6.92 Å². The summed E-state index contributed by atoms with van der Waals surface area (Å²) in [7, 11) is 1.68. The van der Waals surface area contributed by atoms with Crippen LogP contribution in [0.5, 0.6) is 0 Å². The molecule has 1 fully saturated rings. The van der Waals surface area contributed by atoms with Gasteiger partial charge in [-0.15, -0.1) is 0 Å². The van der Waals surface area contributed by atoms with Crippen LogP contribution in [-0.2, 0) is 4.79 Å². The summed E-state index contributed by atoms with van der Waals surface area (Å²) in [6.07, 6.45) is 4.08. The molecule has 0 bridgehead atoms. The van der Waals surface area contributed by atoms with Gasteiger partial charge in [-0.1, -0.05) is 0 Å². The normalized spacial score (nSPS) is 23.8. The van der Waals surface area contributed by atoms with Gasteiger partial charge in [-0.05, 0) is 29.3 Å². The molecule has 1 atom stereocenters. The summed E-state index contributed by atoms with van der Waals surface area (Å²) >= 11 is 3.43. The Morgan fingerprint density at radius 2 is 2.41 bits per heavy atom. The number of carbonyl (C=O) groups excluding carboxylic acids is 1. The van der Waals surface area contributed by atoms with Crippen LogP contribution in [0.2, 0.25) is 0 Å². The number of aromatic nitrogens is 2. The van der Waals surface area contributed by atoms with Crippen LogP contribution in [0.25, 0.3) is 0 Å². The van der Waals surface area contributed by atoms with Gasteiger partial charge in [0.2, 0.25) is 5.91 Å². The summed E-state index contributed by atoms with van der Waals surface area (Å²) in [4.78, 5) is 22.1. The largest absolute Gasteiger partial charge is 0.359 e. The molecule has 0 saturated carbocycles. The van der Waals surface area contributed by atoms with Crippen molar-refractivity contribution in [3.8, 4) is 0 Å². The number of amides is 1. The zero-order valence-electron chi connectivity index (χ0n) is 9.90. The van der Waals surface area contributed by atoms with E-state index in [-0.39, 0.29) is 11.3 Å². The number of nitrogens with one attached hydrogen (secondary N) is 1. The number of nitrogens with zero attached hydrogens (tertiary/aromatic N) is 3. The lowest BCUT2D eigenvalue weighted by molar-refractivity contribution is -0.128. The van der Waals surface area contributed by atoms with E-state index in [0.717, 1.165) is 23.3 Å². The maximum absolute atomic E-state index is 11.8. The summed E-state index contributed by atoms with van der Waals surface area (Å²) < 4.78 is 0.862. The average Bonchev–Trinajstić information content (AvgIpc) is 2.72. The number of halogens is 1. The van der Waals surface area contributed by atoms with Gasteiger partial charge in [0.25, 0.3) is 0 Å². The molecule has 1 aromatic rings. The van der Waals surface area contributed by atoms with Crippen molar-refractivity contribution >= 4 is 27.7 Å². The monoisotopic (exact) mass is 298 g/mol. The smallest absolute Gasteiger partial charge is 0.227 e. The van der Waals surface area contributed by atoms with Crippen molar-refractivity contribution in [1.29, 1.82) is 0 Å². The quantitative estimate of drug-likeness (QED) is 0.891. The summed E-state index contributed by atoms with van der Waals surface area (Å²) in [5.41, 5.74) is -0.334. The Labute approximate surface area is 109 Å². The number of rotatable bonds is 2. The topological polar surface area (TPSA) is 58.1 Å². The van der Waals surface area contributed by atoms with Crippen LogP contribution in [0.1, 0.15) is 13.3 Å². The molecule has 2 heterocycles. The first-order valence-electron chi connectivity index (χ1n) is 5.49. The molecule has 0 aliphatic carbocycles. The SMILES string of the molecule is CNC(=O)C1(C)CCN(c2ncncc2Br)C1. The van der Waals surface area contributed by atoms with Crippen molar-refractivity contribution < 1.29 is 4.79 Å². The summed E-state index contributed by atoms with van der Waals surface area (Å²) in [6.45, 7) is 3.50. The van der Waals surface area contributed by atoms with Crippen LogP contribution in [0.4, 0.5) is 5.82 Å². The lowest BCUT2D eigenvalue weighted by Gasteiger charge is -2.23. The van der Waals surface area contributed by atoms with E-state index in [4.69, 9.17) is 0 Å². The fraction of sp³-hybridized carbons (Fsp3) is 0.545. The van der Waals surface area contributed by atoms with Crippen LogP contribution >= 0.6 is 15.9 Å². The highest BCUT2D eigenvalue weighted by Crippen LogP contribution is 2.34. The van der Waals surface area contributed by atoms with E-state index < -0.39 is 0 Å². The molecule has 0 aromatic carbocycles. The molecule has 6 heteroatoms. The zero-order valence-corrected chi connectivity index (χ0v) is 11.5. The Bertz CT molecular complexity index is 439. The van der Waals surface area contributed by atoms with Crippen molar-refractivity contribution in [2.75, 3.05) is 25.0 Å². The van der Waals surface area contributed by atoms with Gasteiger partial charge in [-0.3, -0.25) is 4.79 Å². The third kappa shape index (κ3) is 2.26. The first-order valence-corrected chi connectivity index (χ1v) is 6.29. The van der Waals surface area contributed by atoms with Crippen molar-refractivity contribution in [1.82, 2.24) is 15.3 Å². The van der Waals surface area contributed by atoms with E-state index in [9.17, 15) is 4.79 Å². The fourth-order valence-corrected chi connectivity index (χ4v) is 2.64. The molecule has 1 amide bonds. The van der Waals surface area contributed by atoms with Gasteiger partial charge in [0.1, 0.15) is 12.1 Å². The third-order valence-electron chi connectivity index (χ3n) is 3.20. The van der Waals surface area contributed by atoms with E-state index in [1.165, 1.54) is 6.33 Å². The molecule has 1 aromatic heterocycles. The van der Waals surface area contributed by atoms with E-state index in [1.54, 1.807) is 13.2 Å². The van der Waals surface area contributed by atoms with Crippen LogP contribution < -0.4 is 10.2 Å². The van der Waals surface area contributed by atoms with Gasteiger partial charge < -0.3 is 10.2 Å². The predicted molar refractivity (Wildman–Crippen MR) is 68.7 cm³/mol. The first kappa shape index (κ1) is 12.3. The second-order valence-electron chi connectivity index (χ2n) is 4.51. The second-order valence-corrected chi connectivity index (χ2v) is 5.36. The molecule has 1 unspecified atom stereocenters. The molecule has 1 aliphatic heterocycles. The Morgan fingerprint density at radius 1 is 1.65 bits per heavy atom. The van der Waals surface area contributed by atoms with Gasteiger partial charge in [0, 0.05) is 26.3 Å². The van der Waals surface area contributed by atoms with Gasteiger partial charge in [-0.25, -0.2) is 9.97 Å². The Hall–Kier alpha value is -1.17. The minimum atomic E-state index is -0.334. The number of anilines is 1. The molecule has 1 aliphatic rings. The van der Waals surface area contributed by atoms with Gasteiger partial charge in [0.05, 0.1) is 9.89 Å². The highest BCUT2D eigenvalue weighted by Gasteiger charge is 2.40. The highest BCUT2D eigenvalue weighted by atomic mass is 79.9. The lowest BCUT2D eigenvalue weighted by atomic mass is 9.89. The van der Waals surface area contributed by atoms with Crippen LogP contribution in [0.15, 0.2) is 17.0 Å². The molecule has 2 rings (SSSR count). The standard InChI is InChI=1S/C11H15BrN4O/c1-11(10(17)13-2)3-4-16(6-11)9-8(12)5-14-7-15-9/h5,7H,3-4,6H2,1-2H3,(H,13,17). The molecule has 1 N–H and O–H groups in total. The molecule has 92 valence electrons. The third-order valence-corrected chi connectivity index (χ3v) is 3.76. The van der Waals surface area contributed by atoms with Gasteiger partial charge in [-0.2, -0.15) is 0 Å². The maximum Gasteiger partial charge on any atom is 0.227 e. The number of hydrogen-bond donors (Lipinski definition) is 1. The Kier molecular flexibility index (Phi) is 3.33. The van der Waals surface area contributed by atoms with E-state index >= 15 is 0 Å².